The fraction of sp³-hybridized carbons (Fsp3) is 0.263. The van der Waals surface area contributed by atoms with Gasteiger partial charge in [0, 0.05) is 19.8 Å². The Morgan fingerprint density at radius 1 is 1.00 bits per heavy atom. The molecule has 0 heterocycles. The number of hydrogen-bond acceptors (Lipinski definition) is 2. The zero-order valence-corrected chi connectivity index (χ0v) is 13.3. The summed E-state index contributed by atoms with van der Waals surface area (Å²) in [4.78, 5) is 2.08. The fourth-order valence-electron chi connectivity index (χ4n) is 2.16. The molecule has 0 aromatic heterocycles. The van der Waals surface area contributed by atoms with Crippen molar-refractivity contribution in [3.63, 3.8) is 0 Å². The number of rotatable bonds is 6. The van der Waals surface area contributed by atoms with Gasteiger partial charge in [-0.1, -0.05) is 30.4 Å². The second-order valence-electron chi connectivity index (χ2n) is 5.38. The number of anilines is 1. The Kier molecular flexibility index (Phi) is 5.59. The van der Waals surface area contributed by atoms with Gasteiger partial charge in [-0.15, -0.1) is 0 Å². The molecule has 0 saturated heterocycles. The normalized spacial score (nSPS) is 10.9. The average molecular weight is 299 g/mol. The molecule has 0 radical (unpaired) electrons. The minimum atomic E-state index is -0.468. The highest BCUT2D eigenvalue weighted by atomic mass is 19.1. The molecule has 0 unspecified atom stereocenters. The van der Waals surface area contributed by atoms with Gasteiger partial charge < -0.3 is 9.64 Å². The first-order valence-corrected chi connectivity index (χ1v) is 7.35. The van der Waals surface area contributed by atoms with Crippen molar-refractivity contribution in [1.29, 1.82) is 0 Å². The molecule has 2 aromatic rings. The third-order valence-electron chi connectivity index (χ3n) is 3.41. The number of ether oxygens (including phenoxy) is 1. The molecule has 0 saturated carbocycles. The highest BCUT2D eigenvalue weighted by Crippen LogP contribution is 2.21. The first kappa shape index (κ1) is 16.1. The molecule has 0 aliphatic carbocycles. The molecular weight excluding hydrogens is 277 g/mol. The van der Waals surface area contributed by atoms with Gasteiger partial charge in [0.15, 0.2) is 0 Å². The Hall–Kier alpha value is -2.29. The van der Waals surface area contributed by atoms with Crippen molar-refractivity contribution in [2.24, 2.45) is 0 Å². The molecule has 2 aromatic carbocycles. The van der Waals surface area contributed by atoms with E-state index in [9.17, 15) is 4.39 Å². The summed E-state index contributed by atoms with van der Waals surface area (Å²) in [6.07, 6.45) is 4.15. The molecule has 0 aliphatic rings. The maximum atomic E-state index is 12.1. The van der Waals surface area contributed by atoms with E-state index in [1.54, 1.807) is 0 Å². The molecule has 0 spiro atoms. The molecule has 2 nitrogen and oxygen atoms in total. The van der Waals surface area contributed by atoms with Gasteiger partial charge in [0.1, 0.15) is 19.0 Å². The fourth-order valence-corrected chi connectivity index (χ4v) is 2.16. The van der Waals surface area contributed by atoms with Gasteiger partial charge in [-0.3, -0.25) is 0 Å². The van der Waals surface area contributed by atoms with Gasteiger partial charge in [0.2, 0.25) is 0 Å². The number of hydrogen-bond donors (Lipinski definition) is 0. The van der Waals surface area contributed by atoms with E-state index >= 15 is 0 Å². The molecule has 2 rings (SSSR count). The Balaban J connectivity index is 2.07. The lowest BCUT2D eigenvalue weighted by Crippen LogP contribution is -2.07. The van der Waals surface area contributed by atoms with Crippen LogP contribution in [-0.2, 0) is 0 Å². The molecule has 0 aliphatic heterocycles. The molecular formula is C19H22FNO. The van der Waals surface area contributed by atoms with Crippen molar-refractivity contribution in [3.8, 4) is 5.75 Å². The number of nitrogens with zero attached hydrogens (tertiary/aromatic N) is 1. The van der Waals surface area contributed by atoms with Crippen molar-refractivity contribution >= 4 is 17.8 Å². The van der Waals surface area contributed by atoms with Crippen LogP contribution < -0.4 is 9.64 Å². The van der Waals surface area contributed by atoms with Crippen molar-refractivity contribution in [3.05, 3.63) is 59.2 Å². The van der Waals surface area contributed by atoms with Crippen LogP contribution in [0.4, 0.5) is 10.1 Å². The quantitative estimate of drug-likeness (QED) is 0.724. The smallest absolute Gasteiger partial charge is 0.123 e. The lowest BCUT2D eigenvalue weighted by Gasteiger charge is -2.11. The molecule has 22 heavy (non-hydrogen) atoms. The van der Waals surface area contributed by atoms with Gasteiger partial charge >= 0.3 is 0 Å². The van der Waals surface area contributed by atoms with Gasteiger partial charge in [-0.2, -0.15) is 0 Å². The topological polar surface area (TPSA) is 12.5 Å². The summed E-state index contributed by atoms with van der Waals surface area (Å²) in [5.41, 5.74) is 4.45. The Labute approximate surface area is 131 Å². The second-order valence-corrected chi connectivity index (χ2v) is 5.38. The second kappa shape index (κ2) is 7.64. The molecule has 0 atom stereocenters. The Bertz CT molecular complexity index is 632. The van der Waals surface area contributed by atoms with Crippen LogP contribution in [0.5, 0.6) is 5.75 Å². The predicted molar refractivity (Wildman–Crippen MR) is 92.3 cm³/mol. The van der Waals surface area contributed by atoms with E-state index in [1.165, 1.54) is 5.69 Å². The minimum Gasteiger partial charge on any atom is -0.491 e. The highest BCUT2D eigenvalue weighted by molar-refractivity contribution is 5.71. The predicted octanol–water partition coefficient (Wildman–Crippen LogP) is 4.58. The summed E-state index contributed by atoms with van der Waals surface area (Å²) in [6.45, 7) is 1.61. The third kappa shape index (κ3) is 4.35. The van der Waals surface area contributed by atoms with Crippen LogP contribution in [0.25, 0.3) is 12.2 Å². The summed E-state index contributed by atoms with van der Waals surface area (Å²) in [7, 11) is 4.06. The van der Waals surface area contributed by atoms with Gasteiger partial charge in [-0.05, 0) is 47.9 Å². The third-order valence-corrected chi connectivity index (χ3v) is 3.41. The SMILES string of the molecule is Cc1cc(/C=C/c2ccc(N(C)C)cc2)ccc1OCCF. The maximum Gasteiger partial charge on any atom is 0.123 e. The molecule has 0 bridgehead atoms. The van der Waals surface area contributed by atoms with Gasteiger partial charge in [0.05, 0.1) is 0 Å². The van der Waals surface area contributed by atoms with E-state index in [0.717, 1.165) is 22.4 Å². The average Bonchev–Trinajstić information content (AvgIpc) is 2.52. The van der Waals surface area contributed by atoms with Crippen LogP contribution in [0.3, 0.4) is 0 Å². The monoisotopic (exact) mass is 299 g/mol. The van der Waals surface area contributed by atoms with Crippen LogP contribution in [0.1, 0.15) is 16.7 Å². The number of alkyl halides is 1. The van der Waals surface area contributed by atoms with Gasteiger partial charge in [-0.25, -0.2) is 4.39 Å². The summed E-state index contributed by atoms with van der Waals surface area (Å²) in [5, 5.41) is 0. The Morgan fingerprint density at radius 3 is 2.23 bits per heavy atom. The van der Waals surface area contributed by atoms with Crippen molar-refractivity contribution in [2.45, 2.75) is 6.92 Å². The van der Waals surface area contributed by atoms with E-state index in [1.807, 2.05) is 39.2 Å². The maximum absolute atomic E-state index is 12.1. The molecule has 3 heteroatoms. The first-order chi connectivity index (χ1) is 10.6. The van der Waals surface area contributed by atoms with Crippen LogP contribution >= 0.6 is 0 Å². The molecule has 0 amide bonds. The zero-order chi connectivity index (χ0) is 15.9. The summed E-state index contributed by atoms with van der Waals surface area (Å²) >= 11 is 0. The summed E-state index contributed by atoms with van der Waals surface area (Å²) in [6, 6.07) is 14.3. The molecule has 0 N–H and O–H groups in total. The van der Waals surface area contributed by atoms with E-state index in [4.69, 9.17) is 4.74 Å². The lowest BCUT2D eigenvalue weighted by molar-refractivity contribution is 0.272. The van der Waals surface area contributed by atoms with E-state index in [-0.39, 0.29) is 6.61 Å². The minimum absolute atomic E-state index is 0.105. The van der Waals surface area contributed by atoms with Crippen molar-refractivity contribution < 1.29 is 9.13 Å². The van der Waals surface area contributed by atoms with E-state index in [0.29, 0.717) is 0 Å². The van der Waals surface area contributed by atoms with Crippen molar-refractivity contribution in [2.75, 3.05) is 32.3 Å². The van der Waals surface area contributed by atoms with E-state index in [2.05, 4.69) is 41.3 Å². The van der Waals surface area contributed by atoms with Crippen LogP contribution in [0, 0.1) is 6.92 Å². The first-order valence-electron chi connectivity index (χ1n) is 7.35. The number of halogens is 1. The standard InChI is InChI=1S/C19H22FNO/c1-15-14-17(8-11-19(15)22-13-12-20)5-4-16-6-9-18(10-7-16)21(2)3/h4-11,14H,12-13H2,1-3H3/b5-4+. The number of benzene rings is 2. The van der Waals surface area contributed by atoms with Crippen LogP contribution in [0.15, 0.2) is 42.5 Å². The molecule has 0 fully saturated rings. The zero-order valence-electron chi connectivity index (χ0n) is 13.3. The van der Waals surface area contributed by atoms with Gasteiger partial charge in [0.25, 0.3) is 0 Å². The van der Waals surface area contributed by atoms with E-state index < -0.39 is 6.67 Å². The van der Waals surface area contributed by atoms with Crippen molar-refractivity contribution in [1.82, 2.24) is 0 Å². The molecule has 116 valence electrons. The summed E-state index contributed by atoms with van der Waals surface area (Å²) in [5.74, 6) is 0.741. The summed E-state index contributed by atoms with van der Waals surface area (Å²) < 4.78 is 17.5. The number of aryl methyl sites for hydroxylation is 1. The highest BCUT2D eigenvalue weighted by Gasteiger charge is 2.00. The largest absolute Gasteiger partial charge is 0.491 e. The Morgan fingerprint density at radius 2 is 1.64 bits per heavy atom. The van der Waals surface area contributed by atoms with Crippen LogP contribution in [0.2, 0.25) is 0 Å². The van der Waals surface area contributed by atoms with Crippen LogP contribution in [-0.4, -0.2) is 27.4 Å². The lowest BCUT2D eigenvalue weighted by atomic mass is 10.1.